The maximum atomic E-state index is 13.5. The molecule has 0 aromatic rings. The van der Waals surface area contributed by atoms with E-state index >= 15 is 0 Å². The second-order valence-corrected chi connectivity index (χ2v) is 21.9. The minimum atomic E-state index is -4.46. The van der Waals surface area contributed by atoms with Crippen molar-refractivity contribution >= 4 is 19.7 Å². The molecule has 0 rings (SSSR count). The number of hydrogen-bond acceptors (Lipinski definition) is 6. The zero-order valence-electron chi connectivity index (χ0n) is 47.1. The van der Waals surface area contributed by atoms with Crippen LogP contribution in [-0.2, 0) is 27.9 Å². The molecule has 0 radical (unpaired) electrons. The van der Waals surface area contributed by atoms with Gasteiger partial charge in [0.2, 0.25) is 5.91 Å². The van der Waals surface area contributed by atoms with Gasteiger partial charge >= 0.3 is 13.8 Å². The molecular weight excluding hydrogens is 916 g/mol. The van der Waals surface area contributed by atoms with Gasteiger partial charge in [0.1, 0.15) is 19.3 Å². The fraction of sp³-hybridized carbons (Fsp3) is 0.710. The number of rotatable bonds is 51. The van der Waals surface area contributed by atoms with Gasteiger partial charge in [0, 0.05) is 12.8 Å². The van der Waals surface area contributed by atoms with E-state index in [1.54, 1.807) is 0 Å². The number of esters is 1. The van der Waals surface area contributed by atoms with E-state index in [0.29, 0.717) is 23.9 Å². The molecule has 0 aromatic heterocycles. The molecule has 0 spiro atoms. The third kappa shape index (κ3) is 51.8. The first-order chi connectivity index (χ1) is 34.9. The second kappa shape index (κ2) is 51.4. The number of amides is 1. The summed E-state index contributed by atoms with van der Waals surface area (Å²) in [6, 6.07) is -0.873. The van der Waals surface area contributed by atoms with E-state index in [1.165, 1.54) is 96.3 Å². The normalized spacial score (nSPS) is 14.5. The highest BCUT2D eigenvalue weighted by Gasteiger charge is 2.30. The van der Waals surface area contributed by atoms with Gasteiger partial charge in [-0.25, -0.2) is 4.57 Å². The van der Waals surface area contributed by atoms with Gasteiger partial charge in [-0.15, -0.1) is 0 Å². The monoisotopic (exact) mass is 1030 g/mol. The number of carbonyl (C=O) groups is 2. The molecule has 414 valence electrons. The first-order valence-electron chi connectivity index (χ1n) is 29.1. The predicted molar refractivity (Wildman–Crippen MR) is 309 cm³/mol. The number of phosphoric ester groups is 1. The fourth-order valence-corrected chi connectivity index (χ4v) is 8.54. The molecule has 3 atom stereocenters. The molecule has 9 nitrogen and oxygen atoms in total. The SMILES string of the molecule is CC/C=C/C=C/C=C/CCCCCCCCCC(=O)NC(COP(=O)(O)OCC[N+](C)(C)C)C(/C=C/CCCCCCCCCCCC)OC(=O)CCCCC/C=C\C/C=C\C/C=C\C/C=C\CCCCC. The number of allylic oxidation sites excluding steroid dienone is 15. The highest BCUT2D eigenvalue weighted by atomic mass is 31.2. The Labute approximate surface area is 443 Å². The Morgan fingerprint density at radius 2 is 0.944 bits per heavy atom. The van der Waals surface area contributed by atoms with Crippen LogP contribution in [0.5, 0.6) is 0 Å². The summed E-state index contributed by atoms with van der Waals surface area (Å²) < 4.78 is 30.6. The summed E-state index contributed by atoms with van der Waals surface area (Å²) >= 11 is 0. The molecule has 0 saturated carbocycles. The quantitative estimate of drug-likeness (QED) is 0.0156. The smallest absolute Gasteiger partial charge is 0.456 e. The lowest BCUT2D eigenvalue weighted by Gasteiger charge is -2.27. The first-order valence-corrected chi connectivity index (χ1v) is 30.6. The minimum absolute atomic E-state index is 0.0275. The lowest BCUT2D eigenvalue weighted by Crippen LogP contribution is -2.47. The van der Waals surface area contributed by atoms with Gasteiger partial charge in [0.25, 0.3) is 0 Å². The third-order valence-corrected chi connectivity index (χ3v) is 13.3. The van der Waals surface area contributed by atoms with Crippen LogP contribution in [-0.4, -0.2) is 74.3 Å². The van der Waals surface area contributed by atoms with Crippen molar-refractivity contribution in [3.63, 3.8) is 0 Å². The lowest BCUT2D eigenvalue weighted by molar-refractivity contribution is -0.870. The summed E-state index contributed by atoms with van der Waals surface area (Å²) in [6.07, 6.45) is 68.3. The number of nitrogens with zero attached hydrogens (tertiary/aromatic N) is 1. The molecule has 1 amide bonds. The number of hydrogen-bond donors (Lipinski definition) is 2. The predicted octanol–water partition coefficient (Wildman–Crippen LogP) is 17.6. The Kier molecular flexibility index (Phi) is 49.2. The van der Waals surface area contributed by atoms with Crippen LogP contribution >= 0.6 is 7.82 Å². The molecule has 0 aliphatic rings. The fourth-order valence-electron chi connectivity index (χ4n) is 7.80. The summed E-state index contributed by atoms with van der Waals surface area (Å²) in [6.45, 7) is 6.80. The average Bonchev–Trinajstić information content (AvgIpc) is 3.34. The average molecular weight is 1030 g/mol. The standard InChI is InChI=1S/C62H109N2O7P/c1-7-10-13-16-19-22-25-28-30-31-32-33-35-37-40-43-46-49-52-55-62(66)71-60(53-50-47-44-41-38-27-24-21-18-15-12-9-3)59(58-70-72(67,68)69-57-56-64(4,5)6)63-61(65)54-51-48-45-42-39-36-34-29-26-23-20-17-14-11-8-2/h11,14,17,19-20,22-23,26,28,30,32-33,37,40,50,53,59-60H,7-10,12-13,15-16,18,21,24-25,27,29,31,34-36,38-39,41-49,51-52,54-58H2,1-6H3,(H-,63,65,67,68)/p+1/b14-11+,20-17+,22-19-,26-23+,30-28-,33-32-,40-37-,53-50+. The third-order valence-electron chi connectivity index (χ3n) is 12.3. The topological polar surface area (TPSA) is 111 Å². The molecule has 72 heavy (non-hydrogen) atoms. The number of quaternary nitrogens is 1. The zero-order chi connectivity index (χ0) is 52.9. The van der Waals surface area contributed by atoms with Crippen LogP contribution in [0.2, 0.25) is 0 Å². The molecule has 0 bridgehead atoms. The number of likely N-dealkylation sites (N-methyl/N-ethyl adjacent to an activating group) is 1. The summed E-state index contributed by atoms with van der Waals surface area (Å²) in [7, 11) is 1.45. The number of nitrogens with one attached hydrogen (secondary N) is 1. The Balaban J connectivity index is 5.41. The van der Waals surface area contributed by atoms with Gasteiger partial charge in [0.05, 0.1) is 33.8 Å². The number of ether oxygens (including phenoxy) is 1. The van der Waals surface area contributed by atoms with Crippen LogP contribution in [0.3, 0.4) is 0 Å². The van der Waals surface area contributed by atoms with Crippen molar-refractivity contribution in [2.45, 2.75) is 245 Å². The molecule has 10 heteroatoms. The van der Waals surface area contributed by atoms with Crippen molar-refractivity contribution in [3.8, 4) is 0 Å². The van der Waals surface area contributed by atoms with Crippen molar-refractivity contribution in [2.24, 2.45) is 0 Å². The van der Waals surface area contributed by atoms with E-state index in [1.807, 2.05) is 33.3 Å². The van der Waals surface area contributed by atoms with E-state index < -0.39 is 20.0 Å². The number of carbonyl (C=O) groups excluding carboxylic acids is 2. The number of phosphoric acid groups is 1. The van der Waals surface area contributed by atoms with Crippen LogP contribution in [0.4, 0.5) is 0 Å². The van der Waals surface area contributed by atoms with E-state index in [4.69, 9.17) is 13.8 Å². The molecule has 2 N–H and O–H groups in total. The van der Waals surface area contributed by atoms with Crippen molar-refractivity contribution in [1.29, 1.82) is 0 Å². The minimum Gasteiger partial charge on any atom is -0.456 e. The summed E-state index contributed by atoms with van der Waals surface area (Å²) in [5.41, 5.74) is 0. The van der Waals surface area contributed by atoms with Gasteiger partial charge in [-0.1, -0.05) is 221 Å². The van der Waals surface area contributed by atoms with E-state index in [2.05, 4.69) is 111 Å². The van der Waals surface area contributed by atoms with Crippen molar-refractivity contribution < 1.29 is 37.3 Å². The highest BCUT2D eigenvalue weighted by molar-refractivity contribution is 7.47. The number of unbranched alkanes of at least 4 members (excludes halogenated alkanes) is 23. The van der Waals surface area contributed by atoms with Crippen LogP contribution in [0, 0.1) is 0 Å². The summed E-state index contributed by atoms with van der Waals surface area (Å²) in [5, 5.41) is 3.03. The van der Waals surface area contributed by atoms with Crippen LogP contribution in [0.1, 0.15) is 233 Å². The van der Waals surface area contributed by atoms with E-state index in [9.17, 15) is 19.0 Å². The highest BCUT2D eigenvalue weighted by Crippen LogP contribution is 2.43. The van der Waals surface area contributed by atoms with Crippen LogP contribution in [0.15, 0.2) is 97.2 Å². The van der Waals surface area contributed by atoms with Gasteiger partial charge in [-0.05, 0) is 96.0 Å². The lowest BCUT2D eigenvalue weighted by atomic mass is 10.0. The molecule has 0 heterocycles. The summed E-state index contributed by atoms with van der Waals surface area (Å²) in [5.74, 6) is -0.561. The second-order valence-electron chi connectivity index (χ2n) is 20.5. The van der Waals surface area contributed by atoms with Gasteiger partial charge in [-0.3, -0.25) is 18.6 Å². The molecule has 0 aliphatic heterocycles. The molecule has 0 aliphatic carbocycles. The molecule has 0 saturated heterocycles. The zero-order valence-corrected chi connectivity index (χ0v) is 48.0. The Morgan fingerprint density at radius 3 is 1.49 bits per heavy atom. The maximum absolute atomic E-state index is 13.5. The Bertz CT molecular complexity index is 1560. The van der Waals surface area contributed by atoms with E-state index in [0.717, 1.165) is 96.3 Å². The van der Waals surface area contributed by atoms with Crippen LogP contribution in [0.25, 0.3) is 0 Å². The Morgan fingerprint density at radius 1 is 0.514 bits per heavy atom. The first kappa shape index (κ1) is 68.9. The molecular formula is C62H110N2O7P+. The van der Waals surface area contributed by atoms with Crippen LogP contribution < -0.4 is 5.32 Å². The molecule has 3 unspecified atom stereocenters. The van der Waals surface area contributed by atoms with Gasteiger partial charge < -0.3 is 19.4 Å². The van der Waals surface area contributed by atoms with Gasteiger partial charge in [0.15, 0.2) is 0 Å². The largest absolute Gasteiger partial charge is 0.472 e. The maximum Gasteiger partial charge on any atom is 0.472 e. The van der Waals surface area contributed by atoms with Gasteiger partial charge in [-0.2, -0.15) is 0 Å². The van der Waals surface area contributed by atoms with Crippen molar-refractivity contribution in [3.05, 3.63) is 97.2 Å². The summed E-state index contributed by atoms with van der Waals surface area (Å²) in [4.78, 5) is 37.6. The molecule has 0 aromatic carbocycles. The van der Waals surface area contributed by atoms with Crippen molar-refractivity contribution in [1.82, 2.24) is 5.32 Å². The molecule has 0 fully saturated rings. The van der Waals surface area contributed by atoms with E-state index in [-0.39, 0.29) is 31.5 Å². The van der Waals surface area contributed by atoms with Crippen molar-refractivity contribution in [2.75, 3.05) is 40.9 Å². The Hall–Kier alpha value is -3.07.